The van der Waals surface area contributed by atoms with Gasteiger partial charge < -0.3 is 15.0 Å². The Morgan fingerprint density at radius 2 is 1.93 bits per heavy atom. The molecule has 1 amide bonds. The normalized spacial score (nSPS) is 21.6. The monoisotopic (exact) mass is 417 g/mol. The SMILES string of the molecule is Cc1ccc(C)c(S(=O)(=O)N2CCN(C(=O)CC3COCCN3)CC2)c1.Cl. The van der Waals surface area contributed by atoms with E-state index in [1.165, 1.54) is 4.31 Å². The Bertz CT molecular complexity index is 758. The van der Waals surface area contributed by atoms with Crippen molar-refractivity contribution in [1.29, 1.82) is 0 Å². The Hall–Kier alpha value is -1.19. The third kappa shape index (κ3) is 5.20. The number of halogens is 1. The van der Waals surface area contributed by atoms with Crippen LogP contribution in [-0.4, -0.2) is 75.5 Å². The van der Waals surface area contributed by atoms with Crippen LogP contribution >= 0.6 is 12.4 Å². The summed E-state index contributed by atoms with van der Waals surface area (Å²) in [6.45, 7) is 7.20. The highest BCUT2D eigenvalue weighted by molar-refractivity contribution is 7.89. The zero-order valence-corrected chi connectivity index (χ0v) is 17.4. The number of piperazine rings is 1. The van der Waals surface area contributed by atoms with Gasteiger partial charge in [-0.15, -0.1) is 12.4 Å². The fourth-order valence-corrected chi connectivity index (χ4v) is 5.12. The third-order valence-corrected chi connectivity index (χ3v) is 7.01. The summed E-state index contributed by atoms with van der Waals surface area (Å²) in [6, 6.07) is 5.51. The second kappa shape index (κ2) is 9.34. The Kier molecular flexibility index (Phi) is 7.64. The van der Waals surface area contributed by atoms with Crippen LogP contribution in [0.2, 0.25) is 0 Å². The van der Waals surface area contributed by atoms with Gasteiger partial charge >= 0.3 is 0 Å². The van der Waals surface area contributed by atoms with E-state index in [9.17, 15) is 13.2 Å². The van der Waals surface area contributed by atoms with Gasteiger partial charge in [0.15, 0.2) is 0 Å². The summed E-state index contributed by atoms with van der Waals surface area (Å²) in [5.41, 5.74) is 1.67. The molecule has 1 unspecified atom stereocenters. The maximum Gasteiger partial charge on any atom is 0.243 e. The lowest BCUT2D eigenvalue weighted by Crippen LogP contribution is -2.52. The molecule has 1 aromatic carbocycles. The van der Waals surface area contributed by atoms with E-state index in [1.54, 1.807) is 11.0 Å². The van der Waals surface area contributed by atoms with Gasteiger partial charge in [0.25, 0.3) is 0 Å². The molecule has 2 saturated heterocycles. The predicted octanol–water partition coefficient (Wildman–Crippen LogP) is 0.937. The zero-order chi connectivity index (χ0) is 18.7. The van der Waals surface area contributed by atoms with Crippen molar-refractivity contribution in [2.45, 2.75) is 31.2 Å². The number of nitrogens with zero attached hydrogens (tertiary/aromatic N) is 2. The van der Waals surface area contributed by atoms with Gasteiger partial charge in [-0.1, -0.05) is 12.1 Å². The minimum Gasteiger partial charge on any atom is -0.378 e. The molecule has 0 aromatic heterocycles. The molecule has 152 valence electrons. The van der Waals surface area contributed by atoms with Crippen LogP contribution in [0.1, 0.15) is 17.5 Å². The van der Waals surface area contributed by atoms with Crippen molar-refractivity contribution in [3.8, 4) is 0 Å². The highest BCUT2D eigenvalue weighted by Crippen LogP contribution is 2.22. The highest BCUT2D eigenvalue weighted by Gasteiger charge is 2.31. The van der Waals surface area contributed by atoms with Gasteiger partial charge in [-0.25, -0.2) is 8.42 Å². The quantitative estimate of drug-likeness (QED) is 0.788. The standard InChI is InChI=1S/C18H27N3O4S.ClH/c1-14-3-4-15(2)17(11-14)26(23,24)21-8-6-20(7-9-21)18(22)12-16-13-25-10-5-19-16;/h3-4,11,16,19H,5-10,12-13H2,1-2H3;1H. The number of hydrogen-bond acceptors (Lipinski definition) is 5. The maximum atomic E-state index is 12.9. The molecule has 0 saturated carbocycles. The molecule has 27 heavy (non-hydrogen) atoms. The minimum atomic E-state index is -3.53. The lowest BCUT2D eigenvalue weighted by Gasteiger charge is -2.35. The maximum absolute atomic E-state index is 12.9. The molecule has 0 radical (unpaired) electrons. The average molecular weight is 418 g/mol. The van der Waals surface area contributed by atoms with Crippen molar-refractivity contribution < 1.29 is 17.9 Å². The van der Waals surface area contributed by atoms with E-state index in [4.69, 9.17) is 4.74 Å². The number of aryl methyl sites for hydroxylation is 2. The molecule has 2 heterocycles. The molecule has 3 rings (SSSR count). The van der Waals surface area contributed by atoms with Crippen molar-refractivity contribution >= 4 is 28.3 Å². The number of hydrogen-bond donors (Lipinski definition) is 1. The first kappa shape index (κ1) is 22.1. The third-order valence-electron chi connectivity index (χ3n) is 4.97. The number of sulfonamides is 1. The van der Waals surface area contributed by atoms with Gasteiger partial charge in [0.2, 0.25) is 15.9 Å². The molecule has 0 aliphatic carbocycles. The van der Waals surface area contributed by atoms with Gasteiger partial charge in [0.1, 0.15) is 0 Å². The van der Waals surface area contributed by atoms with Gasteiger partial charge in [-0.3, -0.25) is 4.79 Å². The Labute approximate surface area is 167 Å². The van der Waals surface area contributed by atoms with Gasteiger partial charge in [-0.2, -0.15) is 4.31 Å². The van der Waals surface area contributed by atoms with Crippen molar-refractivity contribution in [3.05, 3.63) is 29.3 Å². The van der Waals surface area contributed by atoms with Crippen molar-refractivity contribution in [2.75, 3.05) is 45.9 Å². The molecular weight excluding hydrogens is 390 g/mol. The van der Waals surface area contributed by atoms with Gasteiger partial charge in [0, 0.05) is 45.2 Å². The summed E-state index contributed by atoms with van der Waals surface area (Å²) in [4.78, 5) is 14.6. The van der Waals surface area contributed by atoms with Crippen LogP contribution in [0, 0.1) is 13.8 Å². The van der Waals surface area contributed by atoms with Crippen LogP contribution in [0.15, 0.2) is 23.1 Å². The number of amides is 1. The zero-order valence-electron chi connectivity index (χ0n) is 15.8. The van der Waals surface area contributed by atoms with E-state index in [2.05, 4.69) is 5.32 Å². The lowest BCUT2D eigenvalue weighted by atomic mass is 10.1. The van der Waals surface area contributed by atoms with E-state index in [0.29, 0.717) is 50.7 Å². The number of nitrogens with one attached hydrogen (secondary N) is 1. The van der Waals surface area contributed by atoms with E-state index >= 15 is 0 Å². The Morgan fingerprint density at radius 3 is 2.56 bits per heavy atom. The van der Waals surface area contributed by atoms with Crippen LogP contribution in [0.5, 0.6) is 0 Å². The number of rotatable bonds is 4. The van der Waals surface area contributed by atoms with Crippen LogP contribution in [0.25, 0.3) is 0 Å². The first-order chi connectivity index (χ1) is 12.4. The fraction of sp³-hybridized carbons (Fsp3) is 0.611. The highest BCUT2D eigenvalue weighted by atomic mass is 35.5. The molecular formula is C18H28ClN3O4S. The Morgan fingerprint density at radius 1 is 1.22 bits per heavy atom. The van der Waals surface area contributed by atoms with Crippen molar-refractivity contribution in [1.82, 2.24) is 14.5 Å². The van der Waals surface area contributed by atoms with Crippen LogP contribution in [0.3, 0.4) is 0 Å². The summed E-state index contributed by atoms with van der Waals surface area (Å²) in [6.07, 6.45) is 0.393. The molecule has 2 aliphatic heterocycles. The van der Waals surface area contributed by atoms with E-state index < -0.39 is 10.0 Å². The lowest BCUT2D eigenvalue weighted by molar-refractivity contribution is -0.133. The molecule has 0 bridgehead atoms. The molecule has 1 N–H and O–H groups in total. The van der Waals surface area contributed by atoms with E-state index in [1.807, 2.05) is 26.0 Å². The van der Waals surface area contributed by atoms with Crippen molar-refractivity contribution in [3.63, 3.8) is 0 Å². The average Bonchev–Trinajstić information content (AvgIpc) is 2.64. The molecule has 9 heteroatoms. The molecule has 1 atom stereocenters. The summed E-state index contributed by atoms with van der Waals surface area (Å²) in [5, 5.41) is 3.28. The first-order valence-corrected chi connectivity index (χ1v) is 10.5. The minimum absolute atomic E-state index is 0. The molecule has 1 aromatic rings. The first-order valence-electron chi connectivity index (χ1n) is 9.04. The molecule has 2 aliphatic rings. The number of carbonyl (C=O) groups excluding carboxylic acids is 1. The van der Waals surface area contributed by atoms with Crippen LogP contribution < -0.4 is 5.32 Å². The second-order valence-corrected chi connectivity index (χ2v) is 8.89. The van der Waals surface area contributed by atoms with Crippen LogP contribution in [0.4, 0.5) is 0 Å². The van der Waals surface area contributed by atoms with E-state index in [0.717, 1.165) is 17.7 Å². The van der Waals surface area contributed by atoms with E-state index in [-0.39, 0.29) is 24.4 Å². The molecule has 2 fully saturated rings. The summed E-state index contributed by atoms with van der Waals surface area (Å²) < 4.78 is 32.8. The van der Waals surface area contributed by atoms with Gasteiger partial charge in [0.05, 0.1) is 18.1 Å². The largest absolute Gasteiger partial charge is 0.378 e. The number of morpholine rings is 1. The Balaban J connectivity index is 0.00000261. The predicted molar refractivity (Wildman–Crippen MR) is 106 cm³/mol. The summed E-state index contributed by atoms with van der Waals surface area (Å²) in [7, 11) is -3.53. The smallest absolute Gasteiger partial charge is 0.243 e. The second-order valence-electron chi connectivity index (χ2n) is 6.98. The molecule has 0 spiro atoms. The summed E-state index contributed by atoms with van der Waals surface area (Å²) in [5.74, 6) is 0.0526. The number of benzene rings is 1. The van der Waals surface area contributed by atoms with Gasteiger partial charge in [-0.05, 0) is 31.0 Å². The fourth-order valence-electron chi connectivity index (χ4n) is 3.39. The number of ether oxygens (including phenoxy) is 1. The summed E-state index contributed by atoms with van der Waals surface area (Å²) >= 11 is 0. The van der Waals surface area contributed by atoms with Crippen LogP contribution in [-0.2, 0) is 19.6 Å². The topological polar surface area (TPSA) is 79.0 Å². The number of carbonyl (C=O) groups is 1. The van der Waals surface area contributed by atoms with Crippen molar-refractivity contribution in [2.24, 2.45) is 0 Å². The molecule has 7 nitrogen and oxygen atoms in total.